The average Bonchev–Trinajstić information content (AvgIpc) is 2.45. The number of carbonyl (C=O) groups excluding carboxylic acids is 3. The Labute approximate surface area is 130 Å². The van der Waals surface area contributed by atoms with E-state index in [4.69, 9.17) is 14.2 Å². The van der Waals surface area contributed by atoms with E-state index in [0.717, 1.165) is 0 Å². The van der Waals surface area contributed by atoms with Crippen LogP contribution in [0.2, 0.25) is 0 Å². The van der Waals surface area contributed by atoms with Gasteiger partial charge in [-0.05, 0) is 26.3 Å². The number of rotatable bonds is 6. The van der Waals surface area contributed by atoms with E-state index >= 15 is 0 Å². The van der Waals surface area contributed by atoms with Crippen molar-refractivity contribution in [3.05, 3.63) is 12.2 Å². The Kier molecular flexibility index (Phi) is 6.11. The topological polar surface area (TPSA) is 82.1 Å². The van der Waals surface area contributed by atoms with Crippen molar-refractivity contribution < 1.29 is 28.6 Å². The molecule has 0 aliphatic carbocycles. The molecule has 22 heavy (non-hydrogen) atoms. The summed E-state index contributed by atoms with van der Waals surface area (Å²) >= 11 is 0. The van der Waals surface area contributed by atoms with Crippen LogP contribution in [0.1, 0.15) is 20.8 Å². The van der Waals surface area contributed by atoms with Crippen LogP contribution in [0.25, 0.3) is 0 Å². The van der Waals surface area contributed by atoms with Crippen LogP contribution in [0, 0.1) is 5.41 Å². The molecule has 0 saturated carbocycles. The zero-order valence-corrected chi connectivity index (χ0v) is 13.5. The molecule has 0 spiro atoms. The third kappa shape index (κ3) is 2.85. The van der Waals surface area contributed by atoms with Crippen molar-refractivity contribution in [1.29, 1.82) is 0 Å². The number of esters is 2. The van der Waals surface area contributed by atoms with Gasteiger partial charge >= 0.3 is 11.9 Å². The van der Waals surface area contributed by atoms with E-state index in [1.165, 1.54) is 4.90 Å². The summed E-state index contributed by atoms with van der Waals surface area (Å²) in [7, 11) is 1.56. The molecule has 1 atom stereocenters. The van der Waals surface area contributed by atoms with Crippen LogP contribution >= 0.6 is 0 Å². The lowest BCUT2D eigenvalue weighted by Crippen LogP contribution is -2.63. The van der Waals surface area contributed by atoms with E-state index in [1.54, 1.807) is 27.8 Å². The highest BCUT2D eigenvalue weighted by Crippen LogP contribution is 2.40. The molecule has 0 radical (unpaired) electrons. The molecular weight excluding hydrogens is 290 g/mol. The number of nitrogens with zero attached hydrogens (tertiary/aromatic N) is 1. The monoisotopic (exact) mass is 313 g/mol. The molecule has 0 aromatic carbocycles. The molecule has 0 N–H and O–H groups in total. The molecule has 1 amide bonds. The lowest BCUT2D eigenvalue weighted by molar-refractivity contribution is -0.188. The fraction of sp³-hybridized carbons (Fsp3) is 0.667. The zero-order chi connectivity index (χ0) is 16.9. The van der Waals surface area contributed by atoms with Crippen LogP contribution in [-0.2, 0) is 28.6 Å². The van der Waals surface area contributed by atoms with Gasteiger partial charge in [-0.1, -0.05) is 6.58 Å². The van der Waals surface area contributed by atoms with Gasteiger partial charge in [0, 0.05) is 20.2 Å². The van der Waals surface area contributed by atoms with Crippen molar-refractivity contribution in [3.63, 3.8) is 0 Å². The van der Waals surface area contributed by atoms with Crippen LogP contribution in [0.15, 0.2) is 12.2 Å². The lowest BCUT2D eigenvalue weighted by atomic mass is 9.72. The largest absolute Gasteiger partial charge is 0.465 e. The predicted octanol–water partition coefficient (Wildman–Crippen LogP) is 0.532. The normalized spacial score (nSPS) is 20.7. The van der Waals surface area contributed by atoms with Gasteiger partial charge in [0.1, 0.15) is 0 Å². The van der Waals surface area contributed by atoms with Gasteiger partial charge in [0.2, 0.25) is 5.41 Å². The van der Waals surface area contributed by atoms with E-state index in [2.05, 4.69) is 6.58 Å². The van der Waals surface area contributed by atoms with Crippen LogP contribution in [0.5, 0.6) is 0 Å². The Morgan fingerprint density at radius 3 is 2.09 bits per heavy atom. The number of piperidine rings is 1. The minimum Gasteiger partial charge on any atom is -0.465 e. The zero-order valence-electron chi connectivity index (χ0n) is 13.5. The van der Waals surface area contributed by atoms with Crippen molar-refractivity contribution in [2.45, 2.75) is 26.9 Å². The molecule has 1 aliphatic heterocycles. The number of hydrogen-bond acceptors (Lipinski definition) is 6. The number of hydrogen-bond donors (Lipinski definition) is 0. The summed E-state index contributed by atoms with van der Waals surface area (Å²) in [5, 5.41) is 0. The number of carbonyl (C=O) groups is 3. The molecule has 124 valence electrons. The Hall–Kier alpha value is -1.89. The minimum absolute atomic E-state index is 0.0556. The average molecular weight is 313 g/mol. The number of likely N-dealkylation sites (N-methyl/N-ethyl adjacent to an activating group) is 1. The molecule has 1 aliphatic rings. The molecule has 0 bridgehead atoms. The summed E-state index contributed by atoms with van der Waals surface area (Å²) < 4.78 is 15.5. The van der Waals surface area contributed by atoms with E-state index in [-0.39, 0.29) is 31.9 Å². The van der Waals surface area contributed by atoms with E-state index in [1.807, 2.05) is 0 Å². The molecule has 1 saturated heterocycles. The molecular formula is C15H23NO6. The quantitative estimate of drug-likeness (QED) is 0.404. The van der Waals surface area contributed by atoms with Crippen LogP contribution in [0.3, 0.4) is 0 Å². The van der Waals surface area contributed by atoms with Crippen molar-refractivity contribution in [2.24, 2.45) is 5.41 Å². The molecule has 1 heterocycles. The van der Waals surface area contributed by atoms with Crippen molar-refractivity contribution in [1.82, 2.24) is 4.90 Å². The number of amides is 1. The third-order valence-electron chi connectivity index (χ3n) is 3.51. The Morgan fingerprint density at radius 2 is 1.68 bits per heavy atom. The van der Waals surface area contributed by atoms with Crippen LogP contribution in [-0.4, -0.2) is 62.3 Å². The van der Waals surface area contributed by atoms with E-state index in [9.17, 15) is 14.4 Å². The summed E-state index contributed by atoms with van der Waals surface area (Å²) in [6.07, 6.45) is -1.33. The number of likely N-dealkylation sites (tertiary alicyclic amines) is 1. The Balaban J connectivity index is 3.45. The first-order chi connectivity index (χ1) is 10.4. The standard InChI is InChI=1S/C15H23NO6/c1-6-20-11-12(17)16(5)9-10(4)15(11,13(18)21-7-2)14(19)22-8-3/h11H,4,6-9H2,1-3,5H3. The van der Waals surface area contributed by atoms with Gasteiger partial charge in [0.25, 0.3) is 5.91 Å². The molecule has 1 fully saturated rings. The second-order valence-electron chi connectivity index (χ2n) is 4.88. The molecule has 0 aromatic heterocycles. The maximum Gasteiger partial charge on any atom is 0.331 e. The van der Waals surface area contributed by atoms with Gasteiger partial charge < -0.3 is 19.1 Å². The molecule has 1 rings (SSSR count). The third-order valence-corrected chi connectivity index (χ3v) is 3.51. The lowest BCUT2D eigenvalue weighted by Gasteiger charge is -2.43. The van der Waals surface area contributed by atoms with Gasteiger partial charge in [-0.15, -0.1) is 0 Å². The Bertz CT molecular complexity index is 441. The maximum absolute atomic E-state index is 12.5. The predicted molar refractivity (Wildman–Crippen MR) is 77.9 cm³/mol. The van der Waals surface area contributed by atoms with Gasteiger partial charge in [-0.25, -0.2) is 0 Å². The highest BCUT2D eigenvalue weighted by Gasteiger charge is 2.63. The van der Waals surface area contributed by atoms with Crippen molar-refractivity contribution in [3.8, 4) is 0 Å². The van der Waals surface area contributed by atoms with E-state index < -0.39 is 29.4 Å². The summed E-state index contributed by atoms with van der Waals surface area (Å²) in [6, 6.07) is 0. The fourth-order valence-corrected chi connectivity index (χ4v) is 2.50. The highest BCUT2D eigenvalue weighted by atomic mass is 16.6. The second-order valence-corrected chi connectivity index (χ2v) is 4.88. The summed E-state index contributed by atoms with van der Waals surface area (Å²) in [5.74, 6) is -2.20. The van der Waals surface area contributed by atoms with Crippen LogP contribution < -0.4 is 0 Å². The van der Waals surface area contributed by atoms with Gasteiger partial charge in [-0.3, -0.25) is 14.4 Å². The van der Waals surface area contributed by atoms with Gasteiger partial charge in [0.15, 0.2) is 6.10 Å². The highest BCUT2D eigenvalue weighted by molar-refractivity contribution is 6.10. The van der Waals surface area contributed by atoms with Crippen molar-refractivity contribution in [2.75, 3.05) is 33.4 Å². The molecule has 7 heteroatoms. The Morgan fingerprint density at radius 1 is 1.18 bits per heavy atom. The number of ether oxygens (including phenoxy) is 3. The maximum atomic E-state index is 12.5. The minimum atomic E-state index is -1.95. The second kappa shape index (κ2) is 7.40. The first-order valence-corrected chi connectivity index (χ1v) is 7.27. The fourth-order valence-electron chi connectivity index (χ4n) is 2.50. The molecule has 7 nitrogen and oxygen atoms in total. The smallest absolute Gasteiger partial charge is 0.331 e. The first kappa shape index (κ1) is 18.2. The van der Waals surface area contributed by atoms with Crippen molar-refractivity contribution >= 4 is 17.8 Å². The molecule has 0 aromatic rings. The summed E-state index contributed by atoms with van der Waals surface area (Å²) in [5.41, 5.74) is -1.73. The molecule has 1 unspecified atom stereocenters. The first-order valence-electron chi connectivity index (χ1n) is 7.27. The SMILES string of the molecule is C=C1CN(C)C(=O)C(OCC)C1(C(=O)OCC)C(=O)OCC. The van der Waals surface area contributed by atoms with Gasteiger partial charge in [-0.2, -0.15) is 0 Å². The summed E-state index contributed by atoms with van der Waals surface area (Å²) in [4.78, 5) is 38.9. The van der Waals surface area contributed by atoms with Crippen LogP contribution in [0.4, 0.5) is 0 Å². The summed E-state index contributed by atoms with van der Waals surface area (Å²) in [6.45, 7) is 9.06. The van der Waals surface area contributed by atoms with E-state index in [0.29, 0.717) is 0 Å². The van der Waals surface area contributed by atoms with Gasteiger partial charge in [0.05, 0.1) is 13.2 Å².